The van der Waals surface area contributed by atoms with Crippen LogP contribution in [0, 0.1) is 0 Å². The molecule has 0 heterocycles. The molecule has 96 valence electrons. The lowest BCUT2D eigenvalue weighted by Crippen LogP contribution is -2.31. The fourth-order valence-corrected chi connectivity index (χ4v) is 1.75. The van der Waals surface area contributed by atoms with Gasteiger partial charge in [-0.15, -0.1) is 0 Å². The third-order valence-electron chi connectivity index (χ3n) is 2.58. The molecule has 0 aromatic heterocycles. The van der Waals surface area contributed by atoms with Crippen molar-refractivity contribution in [2.45, 2.75) is 31.5 Å². The molecule has 1 atom stereocenters. The molecule has 0 spiro atoms. The van der Waals surface area contributed by atoms with Gasteiger partial charge in [0.05, 0.1) is 6.42 Å². The van der Waals surface area contributed by atoms with Crippen LogP contribution in [-0.2, 0) is 6.42 Å². The molecule has 1 N–H and O–H groups in total. The highest BCUT2D eigenvalue weighted by atomic mass is 35.5. The largest absolute Gasteiger partial charge is 0.390 e. The van der Waals surface area contributed by atoms with E-state index in [0.717, 1.165) is 5.56 Å². The highest BCUT2D eigenvalue weighted by Gasteiger charge is 2.30. The SMILES string of the molecule is CNC(CCc1ccc(Cl)cc1)CC(F)(F)F. The van der Waals surface area contributed by atoms with Crippen LogP contribution >= 0.6 is 11.6 Å². The van der Waals surface area contributed by atoms with Crippen molar-refractivity contribution in [3.8, 4) is 0 Å². The van der Waals surface area contributed by atoms with Crippen LogP contribution in [0.5, 0.6) is 0 Å². The van der Waals surface area contributed by atoms with Crippen molar-refractivity contribution >= 4 is 11.6 Å². The second kappa shape index (κ2) is 6.26. The molecule has 0 aliphatic carbocycles. The maximum absolute atomic E-state index is 12.2. The molecule has 17 heavy (non-hydrogen) atoms. The van der Waals surface area contributed by atoms with Crippen molar-refractivity contribution in [1.29, 1.82) is 0 Å². The highest BCUT2D eigenvalue weighted by Crippen LogP contribution is 2.23. The average molecular weight is 266 g/mol. The van der Waals surface area contributed by atoms with Gasteiger partial charge in [-0.2, -0.15) is 13.2 Å². The maximum Gasteiger partial charge on any atom is 0.390 e. The van der Waals surface area contributed by atoms with Gasteiger partial charge in [-0.25, -0.2) is 0 Å². The first kappa shape index (κ1) is 14.3. The van der Waals surface area contributed by atoms with E-state index in [0.29, 0.717) is 17.9 Å². The predicted molar refractivity (Wildman–Crippen MR) is 63.3 cm³/mol. The van der Waals surface area contributed by atoms with Crippen molar-refractivity contribution in [3.05, 3.63) is 34.9 Å². The fourth-order valence-electron chi connectivity index (χ4n) is 1.62. The number of benzene rings is 1. The molecule has 0 aliphatic heterocycles. The van der Waals surface area contributed by atoms with Gasteiger partial charge >= 0.3 is 6.18 Å². The summed E-state index contributed by atoms with van der Waals surface area (Å²) in [5.41, 5.74) is 0.997. The summed E-state index contributed by atoms with van der Waals surface area (Å²) < 4.78 is 36.6. The van der Waals surface area contributed by atoms with Crippen LogP contribution in [-0.4, -0.2) is 19.3 Å². The molecule has 1 unspecified atom stereocenters. The van der Waals surface area contributed by atoms with Crippen LogP contribution in [0.15, 0.2) is 24.3 Å². The van der Waals surface area contributed by atoms with Crippen molar-refractivity contribution in [2.24, 2.45) is 0 Å². The predicted octanol–water partition coefficient (Wildman–Crippen LogP) is 3.81. The Balaban J connectivity index is 2.45. The number of aryl methyl sites for hydroxylation is 1. The second-order valence-electron chi connectivity index (χ2n) is 3.97. The van der Waals surface area contributed by atoms with Gasteiger partial charge in [-0.05, 0) is 37.6 Å². The minimum Gasteiger partial charge on any atom is -0.317 e. The summed E-state index contributed by atoms with van der Waals surface area (Å²) in [5.74, 6) is 0. The Bertz CT molecular complexity index is 335. The quantitative estimate of drug-likeness (QED) is 0.854. The number of nitrogens with one attached hydrogen (secondary N) is 1. The van der Waals surface area contributed by atoms with Gasteiger partial charge in [0, 0.05) is 11.1 Å². The van der Waals surface area contributed by atoms with Crippen molar-refractivity contribution in [1.82, 2.24) is 5.32 Å². The smallest absolute Gasteiger partial charge is 0.317 e. The van der Waals surface area contributed by atoms with E-state index in [1.54, 1.807) is 19.2 Å². The third-order valence-corrected chi connectivity index (χ3v) is 2.83. The highest BCUT2D eigenvalue weighted by molar-refractivity contribution is 6.30. The van der Waals surface area contributed by atoms with Gasteiger partial charge in [0.1, 0.15) is 0 Å². The second-order valence-corrected chi connectivity index (χ2v) is 4.41. The summed E-state index contributed by atoms with van der Waals surface area (Å²) in [6.45, 7) is 0. The Labute approximate surface area is 104 Å². The fraction of sp³-hybridized carbons (Fsp3) is 0.500. The average Bonchev–Trinajstić information content (AvgIpc) is 2.25. The van der Waals surface area contributed by atoms with E-state index in [2.05, 4.69) is 5.32 Å². The molecule has 1 aromatic carbocycles. The normalized spacial score (nSPS) is 13.7. The molecule has 0 radical (unpaired) electrons. The van der Waals surface area contributed by atoms with Crippen LogP contribution in [0.2, 0.25) is 5.02 Å². The number of hydrogen-bond acceptors (Lipinski definition) is 1. The Morgan fingerprint density at radius 2 is 1.82 bits per heavy atom. The molecular weight excluding hydrogens is 251 g/mol. The van der Waals surface area contributed by atoms with E-state index >= 15 is 0 Å². The lowest BCUT2D eigenvalue weighted by atomic mass is 10.0. The van der Waals surface area contributed by atoms with Crippen LogP contribution in [0.3, 0.4) is 0 Å². The van der Waals surface area contributed by atoms with Crippen LogP contribution < -0.4 is 5.32 Å². The van der Waals surface area contributed by atoms with Gasteiger partial charge in [0.2, 0.25) is 0 Å². The molecule has 1 rings (SSSR count). The molecule has 0 saturated carbocycles. The molecule has 0 amide bonds. The van der Waals surface area contributed by atoms with E-state index in [1.165, 1.54) is 0 Å². The summed E-state index contributed by atoms with van der Waals surface area (Å²) in [7, 11) is 1.55. The Morgan fingerprint density at radius 3 is 2.29 bits per heavy atom. The minimum absolute atomic E-state index is 0.456. The number of rotatable bonds is 5. The van der Waals surface area contributed by atoms with Crippen molar-refractivity contribution in [3.63, 3.8) is 0 Å². The summed E-state index contributed by atoms with van der Waals surface area (Å²) in [6, 6.07) is 6.63. The number of halogens is 4. The molecule has 0 fully saturated rings. The van der Waals surface area contributed by atoms with Gasteiger partial charge in [0.25, 0.3) is 0 Å². The molecule has 0 aliphatic rings. The lowest BCUT2D eigenvalue weighted by Gasteiger charge is -2.17. The zero-order valence-electron chi connectivity index (χ0n) is 9.52. The topological polar surface area (TPSA) is 12.0 Å². The molecule has 5 heteroatoms. The van der Waals surface area contributed by atoms with Crippen molar-refractivity contribution in [2.75, 3.05) is 7.05 Å². The van der Waals surface area contributed by atoms with Crippen LogP contribution in [0.1, 0.15) is 18.4 Å². The standard InChI is InChI=1S/C12H15ClF3N/c1-17-11(8-12(14,15)16)7-4-9-2-5-10(13)6-3-9/h2-3,5-6,11,17H,4,7-8H2,1H3. The zero-order valence-corrected chi connectivity index (χ0v) is 10.3. The van der Waals surface area contributed by atoms with E-state index in [9.17, 15) is 13.2 Å². The van der Waals surface area contributed by atoms with Gasteiger partial charge in [0.15, 0.2) is 0 Å². The first-order valence-electron chi connectivity index (χ1n) is 5.39. The van der Waals surface area contributed by atoms with Crippen LogP contribution in [0.25, 0.3) is 0 Å². The first-order chi connectivity index (χ1) is 7.90. The Kier molecular flexibility index (Phi) is 5.28. The third kappa shape index (κ3) is 5.94. The monoisotopic (exact) mass is 265 g/mol. The molecular formula is C12H15ClF3N. The Hall–Kier alpha value is -0.740. The maximum atomic E-state index is 12.2. The molecule has 1 aromatic rings. The zero-order chi connectivity index (χ0) is 12.9. The molecule has 1 nitrogen and oxygen atoms in total. The van der Waals surface area contributed by atoms with E-state index in [4.69, 9.17) is 11.6 Å². The summed E-state index contributed by atoms with van der Waals surface area (Å²) in [4.78, 5) is 0. The van der Waals surface area contributed by atoms with Gasteiger partial charge in [-0.3, -0.25) is 0 Å². The van der Waals surface area contributed by atoms with E-state index in [-0.39, 0.29) is 0 Å². The molecule has 0 saturated heterocycles. The van der Waals surface area contributed by atoms with Gasteiger partial charge < -0.3 is 5.32 Å². The molecule has 0 bridgehead atoms. The lowest BCUT2D eigenvalue weighted by molar-refractivity contribution is -0.140. The van der Waals surface area contributed by atoms with Crippen molar-refractivity contribution < 1.29 is 13.2 Å². The summed E-state index contributed by atoms with van der Waals surface area (Å²) in [5, 5.41) is 3.33. The van der Waals surface area contributed by atoms with Crippen LogP contribution in [0.4, 0.5) is 13.2 Å². The Morgan fingerprint density at radius 1 is 1.24 bits per heavy atom. The summed E-state index contributed by atoms with van der Waals surface area (Å²) in [6.07, 6.45) is -3.85. The first-order valence-corrected chi connectivity index (χ1v) is 5.77. The van der Waals surface area contributed by atoms with E-state index < -0.39 is 18.6 Å². The number of hydrogen-bond donors (Lipinski definition) is 1. The minimum atomic E-state index is -4.12. The van der Waals surface area contributed by atoms with Gasteiger partial charge in [-0.1, -0.05) is 23.7 Å². The summed E-state index contributed by atoms with van der Waals surface area (Å²) >= 11 is 5.73. The van der Waals surface area contributed by atoms with E-state index in [1.807, 2.05) is 12.1 Å². The number of alkyl halides is 3.